The van der Waals surface area contributed by atoms with Gasteiger partial charge in [-0.05, 0) is 29.7 Å². The lowest BCUT2D eigenvalue weighted by molar-refractivity contribution is -0.120. The molecular formula is C22H19N3O2S. The zero-order valence-electron chi connectivity index (χ0n) is 15.4. The van der Waals surface area contributed by atoms with Crippen molar-refractivity contribution in [1.82, 2.24) is 4.98 Å². The van der Waals surface area contributed by atoms with E-state index in [4.69, 9.17) is 4.74 Å². The van der Waals surface area contributed by atoms with Crippen LogP contribution in [0.15, 0.2) is 60.7 Å². The van der Waals surface area contributed by atoms with Crippen LogP contribution in [0, 0.1) is 5.92 Å². The molecule has 5 nitrogen and oxygen atoms in total. The predicted molar refractivity (Wildman–Crippen MR) is 114 cm³/mol. The van der Waals surface area contributed by atoms with Gasteiger partial charge in [0.2, 0.25) is 5.91 Å². The van der Waals surface area contributed by atoms with Crippen molar-refractivity contribution in [3.05, 3.63) is 60.7 Å². The molecule has 2 heterocycles. The SMILES string of the molecule is COc1ccc2nc(N3CC(C(=O)Nc4cccc5ccccc45)C3)sc2c1. The quantitative estimate of drug-likeness (QED) is 0.557. The van der Waals surface area contributed by atoms with E-state index in [1.54, 1.807) is 18.4 Å². The molecule has 0 bridgehead atoms. The predicted octanol–water partition coefficient (Wildman–Crippen LogP) is 4.53. The Hall–Kier alpha value is -3.12. The normalized spacial score (nSPS) is 14.2. The van der Waals surface area contributed by atoms with Gasteiger partial charge in [-0.3, -0.25) is 4.79 Å². The van der Waals surface area contributed by atoms with Crippen molar-refractivity contribution in [1.29, 1.82) is 0 Å². The molecule has 0 atom stereocenters. The third-order valence-electron chi connectivity index (χ3n) is 5.15. The first-order valence-electron chi connectivity index (χ1n) is 9.19. The van der Waals surface area contributed by atoms with Gasteiger partial charge in [0, 0.05) is 24.2 Å². The second-order valence-electron chi connectivity index (χ2n) is 6.95. The number of amides is 1. The highest BCUT2D eigenvalue weighted by Crippen LogP contribution is 2.35. The van der Waals surface area contributed by atoms with Crippen molar-refractivity contribution in [3.8, 4) is 5.75 Å². The number of nitrogens with one attached hydrogen (secondary N) is 1. The minimum Gasteiger partial charge on any atom is -0.497 e. The maximum Gasteiger partial charge on any atom is 0.231 e. The summed E-state index contributed by atoms with van der Waals surface area (Å²) < 4.78 is 6.38. The standard InChI is InChI=1S/C22H19N3O2S/c1-27-16-9-10-19-20(11-16)28-22(24-19)25-12-15(13-25)21(26)23-18-8-4-6-14-5-2-3-7-17(14)18/h2-11,15H,12-13H2,1H3,(H,23,26). The lowest BCUT2D eigenvalue weighted by atomic mass is 9.99. The maximum absolute atomic E-state index is 12.7. The molecule has 0 radical (unpaired) electrons. The van der Waals surface area contributed by atoms with E-state index < -0.39 is 0 Å². The average molecular weight is 389 g/mol. The fourth-order valence-corrected chi connectivity index (χ4v) is 4.54. The second kappa shape index (κ2) is 6.80. The Kier molecular flexibility index (Phi) is 4.13. The van der Waals surface area contributed by atoms with Crippen molar-refractivity contribution >= 4 is 49.1 Å². The lowest BCUT2D eigenvalue weighted by Gasteiger charge is -2.38. The van der Waals surface area contributed by atoms with Gasteiger partial charge in [-0.15, -0.1) is 0 Å². The van der Waals surface area contributed by atoms with Crippen LogP contribution in [0.3, 0.4) is 0 Å². The van der Waals surface area contributed by atoms with Crippen LogP contribution in [0.2, 0.25) is 0 Å². The Labute approximate surface area is 166 Å². The molecule has 1 aliphatic rings. The van der Waals surface area contributed by atoms with E-state index in [1.165, 1.54) is 0 Å². The molecule has 0 saturated carbocycles. The maximum atomic E-state index is 12.7. The fraction of sp³-hybridized carbons (Fsp3) is 0.182. The summed E-state index contributed by atoms with van der Waals surface area (Å²) in [4.78, 5) is 19.5. The van der Waals surface area contributed by atoms with Crippen LogP contribution >= 0.6 is 11.3 Å². The minimum absolute atomic E-state index is 0.0273. The summed E-state index contributed by atoms with van der Waals surface area (Å²) >= 11 is 1.63. The highest BCUT2D eigenvalue weighted by Gasteiger charge is 2.34. The van der Waals surface area contributed by atoms with E-state index in [0.29, 0.717) is 13.1 Å². The van der Waals surface area contributed by atoms with Crippen molar-refractivity contribution in [2.45, 2.75) is 0 Å². The van der Waals surface area contributed by atoms with Gasteiger partial charge in [0.15, 0.2) is 5.13 Å². The van der Waals surface area contributed by atoms with E-state index >= 15 is 0 Å². The van der Waals surface area contributed by atoms with Gasteiger partial charge in [-0.25, -0.2) is 4.98 Å². The molecule has 140 valence electrons. The smallest absolute Gasteiger partial charge is 0.231 e. The second-order valence-corrected chi connectivity index (χ2v) is 7.96. The molecule has 1 amide bonds. The summed E-state index contributed by atoms with van der Waals surface area (Å²) in [6.07, 6.45) is 0. The number of hydrogen-bond acceptors (Lipinski definition) is 5. The van der Waals surface area contributed by atoms with Gasteiger partial charge >= 0.3 is 0 Å². The lowest BCUT2D eigenvalue weighted by Crippen LogP contribution is -2.52. The Bertz CT molecular complexity index is 1180. The number of benzene rings is 3. The summed E-state index contributed by atoms with van der Waals surface area (Å²) in [5.41, 5.74) is 1.83. The molecule has 1 saturated heterocycles. The summed E-state index contributed by atoms with van der Waals surface area (Å²) in [6.45, 7) is 1.38. The number of methoxy groups -OCH3 is 1. The number of ether oxygens (including phenoxy) is 1. The molecule has 4 aromatic rings. The van der Waals surface area contributed by atoms with Gasteiger partial charge in [-0.1, -0.05) is 47.7 Å². The van der Waals surface area contributed by atoms with Crippen molar-refractivity contribution in [2.24, 2.45) is 5.92 Å². The topological polar surface area (TPSA) is 54.5 Å². The number of nitrogens with zero attached hydrogens (tertiary/aromatic N) is 2. The summed E-state index contributed by atoms with van der Waals surface area (Å²) in [5, 5.41) is 6.25. The molecule has 0 aliphatic carbocycles. The number of carbonyl (C=O) groups is 1. The number of fused-ring (bicyclic) bond motifs is 2. The third kappa shape index (κ3) is 2.96. The number of rotatable bonds is 4. The molecule has 5 rings (SSSR count). The van der Waals surface area contributed by atoms with Gasteiger partial charge in [0.25, 0.3) is 0 Å². The number of hydrogen-bond donors (Lipinski definition) is 1. The van der Waals surface area contributed by atoms with Crippen molar-refractivity contribution in [2.75, 3.05) is 30.4 Å². The van der Waals surface area contributed by atoms with Gasteiger partial charge in [0.05, 0.1) is 23.2 Å². The fourth-order valence-electron chi connectivity index (χ4n) is 3.52. The number of carbonyl (C=O) groups excluding carboxylic acids is 1. The number of thiazole rings is 1. The van der Waals surface area contributed by atoms with Crippen molar-refractivity contribution < 1.29 is 9.53 Å². The van der Waals surface area contributed by atoms with Crippen LogP contribution in [0.4, 0.5) is 10.8 Å². The first-order valence-corrected chi connectivity index (χ1v) is 10.0. The van der Waals surface area contributed by atoms with Gasteiger partial charge in [0.1, 0.15) is 5.75 Å². The van der Waals surface area contributed by atoms with Crippen molar-refractivity contribution in [3.63, 3.8) is 0 Å². The minimum atomic E-state index is -0.0273. The molecule has 0 spiro atoms. The average Bonchev–Trinajstić information content (AvgIpc) is 3.09. The van der Waals surface area contributed by atoms with E-state index in [2.05, 4.69) is 27.3 Å². The van der Waals surface area contributed by atoms with E-state index in [9.17, 15) is 4.79 Å². The van der Waals surface area contributed by atoms with Crippen LogP contribution in [-0.2, 0) is 4.79 Å². The summed E-state index contributed by atoms with van der Waals surface area (Å²) in [5.74, 6) is 0.870. The van der Waals surface area contributed by atoms with Gasteiger partial charge < -0.3 is 15.0 Å². The molecular weight excluding hydrogens is 370 g/mol. The summed E-state index contributed by atoms with van der Waals surface area (Å²) in [6, 6.07) is 20.0. The van der Waals surface area contributed by atoms with Crippen LogP contribution < -0.4 is 15.0 Å². The van der Waals surface area contributed by atoms with Crippen LogP contribution in [0.1, 0.15) is 0 Å². The molecule has 0 unspecified atom stereocenters. The first-order chi connectivity index (χ1) is 13.7. The largest absolute Gasteiger partial charge is 0.497 e. The molecule has 1 N–H and O–H groups in total. The molecule has 6 heteroatoms. The van der Waals surface area contributed by atoms with Crippen LogP contribution in [-0.4, -0.2) is 31.1 Å². The first kappa shape index (κ1) is 17.0. The highest BCUT2D eigenvalue weighted by molar-refractivity contribution is 7.22. The highest BCUT2D eigenvalue weighted by atomic mass is 32.1. The number of anilines is 2. The molecule has 1 aromatic heterocycles. The Morgan fingerprint density at radius 3 is 2.82 bits per heavy atom. The Morgan fingerprint density at radius 2 is 1.96 bits per heavy atom. The monoisotopic (exact) mass is 389 g/mol. The van der Waals surface area contributed by atoms with E-state index in [0.717, 1.165) is 37.6 Å². The van der Waals surface area contributed by atoms with E-state index in [-0.39, 0.29) is 11.8 Å². The molecule has 28 heavy (non-hydrogen) atoms. The van der Waals surface area contributed by atoms with Crippen LogP contribution in [0.25, 0.3) is 21.0 Å². The zero-order valence-corrected chi connectivity index (χ0v) is 16.2. The zero-order chi connectivity index (χ0) is 19.1. The summed E-state index contributed by atoms with van der Waals surface area (Å²) in [7, 11) is 1.66. The van der Waals surface area contributed by atoms with E-state index in [1.807, 2.05) is 48.5 Å². The third-order valence-corrected chi connectivity index (χ3v) is 6.23. The van der Waals surface area contributed by atoms with Gasteiger partial charge in [-0.2, -0.15) is 0 Å². The Morgan fingerprint density at radius 1 is 1.14 bits per heavy atom. The van der Waals surface area contributed by atoms with Crippen LogP contribution in [0.5, 0.6) is 5.75 Å². The molecule has 1 aliphatic heterocycles. The number of aromatic nitrogens is 1. The molecule has 1 fully saturated rings. The molecule has 3 aromatic carbocycles. The Balaban J connectivity index is 1.28.